The summed E-state index contributed by atoms with van der Waals surface area (Å²) in [4.78, 5) is 12.3. The molecule has 0 amide bonds. The van der Waals surface area contributed by atoms with E-state index in [1.807, 2.05) is 20.8 Å². The van der Waals surface area contributed by atoms with Crippen LogP contribution in [0, 0.1) is 23.3 Å². The number of nitrogens with two attached hydrogens (primary N) is 1. The number of ether oxygens (including phenoxy) is 4. The maximum atomic E-state index is 14.1. The minimum Gasteiger partial charge on any atom is -0.494 e. The Kier molecular flexibility index (Phi) is 18.8. The van der Waals surface area contributed by atoms with E-state index in [-0.39, 0.29) is 38.6 Å². The molecule has 348 valence electrons. The zero-order valence-electron chi connectivity index (χ0n) is 34.3. The number of methoxy groups -OCH3 is 2. The highest BCUT2D eigenvalue weighted by Gasteiger charge is 2.45. The van der Waals surface area contributed by atoms with Crippen LogP contribution < -0.4 is 24.1 Å². The number of carbonyl (C=O) groups excluding carboxylic acids is 1. The van der Waals surface area contributed by atoms with Gasteiger partial charge in [-0.25, -0.2) is 26.0 Å². The molecule has 0 aromatic heterocycles. The van der Waals surface area contributed by atoms with E-state index in [1.54, 1.807) is 20.8 Å². The fourth-order valence-corrected chi connectivity index (χ4v) is 4.83. The van der Waals surface area contributed by atoms with Gasteiger partial charge in [-0.15, -0.1) is 0 Å². The van der Waals surface area contributed by atoms with Crippen LogP contribution >= 0.6 is 0 Å². The van der Waals surface area contributed by atoms with Gasteiger partial charge in [0, 0.05) is 34.4 Å². The van der Waals surface area contributed by atoms with Crippen LogP contribution in [0.25, 0.3) is 0 Å². The fourth-order valence-electron chi connectivity index (χ4n) is 4.18. The first-order chi connectivity index (χ1) is 28.8. The molecule has 0 unspecified atom stereocenters. The predicted octanol–water partition coefficient (Wildman–Crippen LogP) is 10.4. The lowest BCUT2D eigenvalue weighted by Crippen LogP contribution is -2.33. The van der Waals surface area contributed by atoms with Gasteiger partial charge in [0.15, 0.2) is 28.9 Å². The van der Waals surface area contributed by atoms with Crippen molar-refractivity contribution in [3.63, 3.8) is 0 Å². The molecule has 0 heterocycles. The van der Waals surface area contributed by atoms with Crippen LogP contribution in [0.3, 0.4) is 0 Å². The van der Waals surface area contributed by atoms with Crippen LogP contribution in [0.1, 0.15) is 68.6 Å². The number of carbonyl (C=O) groups is 1. The topological polar surface area (TPSA) is 127 Å². The van der Waals surface area contributed by atoms with E-state index in [2.05, 4.69) is 13.9 Å². The lowest BCUT2D eigenvalue weighted by atomic mass is 10.0. The first-order valence-corrected chi connectivity index (χ1v) is 19.9. The van der Waals surface area contributed by atoms with Crippen LogP contribution in [-0.4, -0.2) is 68.7 Å². The fraction of sp³-hybridized carbons (Fsp3) is 0.350. The molecule has 0 radical (unpaired) electrons. The lowest BCUT2D eigenvalue weighted by Gasteiger charge is -2.19. The standard InChI is InChI=1S/C20H19F6NO3S.C16H10F6O3.C4H11NOS/c1-19(2,3)31(28)27-17(11-5-6-15(22)16(9-11)29-4)12-7-13(21)10-14(8-12)30-20(25,26)18(23)24;1-24-13-6-8(2-3-12(13)18)14(23)9-4-10(17)7-11(5-9)25-16(21,22)15(19)20;1-4(2,3)7(5)6/h5-10,18H,1-4H3;2-7,15H,1H3;5H2,1-3H3/t31-;;7-/m1.1/s1. The van der Waals surface area contributed by atoms with Gasteiger partial charge in [-0.1, -0.05) is 0 Å². The maximum absolute atomic E-state index is 14.1. The molecule has 0 aliphatic carbocycles. The number of nitrogens with zero attached hydrogens (tertiary/aromatic N) is 1. The highest BCUT2D eigenvalue weighted by molar-refractivity contribution is 7.85. The molecule has 0 aliphatic heterocycles. The van der Waals surface area contributed by atoms with E-state index in [1.165, 1.54) is 19.2 Å². The van der Waals surface area contributed by atoms with Crippen molar-refractivity contribution in [2.75, 3.05) is 14.2 Å². The summed E-state index contributed by atoms with van der Waals surface area (Å²) in [7, 11) is -0.722. The molecule has 2 N–H and O–H groups in total. The molecule has 4 aromatic carbocycles. The summed E-state index contributed by atoms with van der Waals surface area (Å²) in [6.45, 7) is 10.3. The van der Waals surface area contributed by atoms with E-state index in [0.29, 0.717) is 24.3 Å². The van der Waals surface area contributed by atoms with Crippen molar-refractivity contribution in [1.29, 1.82) is 0 Å². The van der Waals surface area contributed by atoms with Crippen LogP contribution in [0.5, 0.6) is 23.0 Å². The Bertz CT molecular complexity index is 2300. The molecule has 0 saturated heterocycles. The average molecular weight is 953 g/mol. The number of ketones is 1. The third-order valence-electron chi connectivity index (χ3n) is 7.43. The second kappa shape index (κ2) is 22.0. The Morgan fingerprint density at radius 1 is 0.587 bits per heavy atom. The summed E-state index contributed by atoms with van der Waals surface area (Å²) in [5, 5.41) is 5.04. The second-order valence-electron chi connectivity index (χ2n) is 14.5. The highest BCUT2D eigenvalue weighted by Crippen LogP contribution is 2.32. The van der Waals surface area contributed by atoms with Gasteiger partial charge >= 0.3 is 25.1 Å². The Morgan fingerprint density at radius 2 is 0.968 bits per heavy atom. The highest BCUT2D eigenvalue weighted by atomic mass is 32.2. The molecule has 4 rings (SSSR count). The van der Waals surface area contributed by atoms with Crippen LogP contribution in [0.2, 0.25) is 0 Å². The third-order valence-corrected chi connectivity index (χ3v) is 10.0. The molecule has 63 heavy (non-hydrogen) atoms. The summed E-state index contributed by atoms with van der Waals surface area (Å²) in [6.07, 6.45) is -18.0. The molecule has 2 atom stereocenters. The largest absolute Gasteiger partial charge is 0.494 e. The summed E-state index contributed by atoms with van der Waals surface area (Å²) < 4.78 is 200. The van der Waals surface area contributed by atoms with Gasteiger partial charge in [-0.05, 0) is 102 Å². The number of benzene rings is 4. The summed E-state index contributed by atoms with van der Waals surface area (Å²) >= 11 is 0. The van der Waals surface area contributed by atoms with Crippen molar-refractivity contribution in [3.8, 4) is 23.0 Å². The Morgan fingerprint density at radius 3 is 1.35 bits per heavy atom. The average Bonchev–Trinajstić information content (AvgIpc) is 3.15. The van der Waals surface area contributed by atoms with Gasteiger partial charge in [0.05, 0.1) is 40.4 Å². The van der Waals surface area contributed by atoms with Crippen molar-refractivity contribution >= 4 is 33.5 Å². The normalized spacial score (nSPS) is 13.3. The minimum absolute atomic E-state index is 0.119. The van der Waals surface area contributed by atoms with Crippen molar-refractivity contribution < 1.29 is 84.8 Å². The molecule has 0 fully saturated rings. The summed E-state index contributed by atoms with van der Waals surface area (Å²) in [5.41, 5.74) is -0.834. The van der Waals surface area contributed by atoms with E-state index < -0.39 is 97.9 Å². The van der Waals surface area contributed by atoms with Crippen molar-refractivity contribution in [2.24, 2.45) is 9.54 Å². The molecular formula is C40H40F12N2O7S2. The number of hydrogen-bond donors (Lipinski definition) is 1. The monoisotopic (exact) mass is 952 g/mol. The van der Waals surface area contributed by atoms with Crippen molar-refractivity contribution in [3.05, 3.63) is 118 Å². The van der Waals surface area contributed by atoms with Crippen molar-refractivity contribution in [2.45, 2.75) is 76.1 Å². The molecule has 23 heteroatoms. The maximum Gasteiger partial charge on any atom is 0.461 e. The minimum atomic E-state index is -4.87. The molecule has 0 bridgehead atoms. The molecule has 0 spiro atoms. The Hall–Kier alpha value is -5.16. The summed E-state index contributed by atoms with van der Waals surface area (Å²) in [6, 6.07) is 10.5. The predicted molar refractivity (Wildman–Crippen MR) is 211 cm³/mol. The zero-order chi connectivity index (χ0) is 48.4. The van der Waals surface area contributed by atoms with E-state index in [0.717, 1.165) is 43.5 Å². The van der Waals surface area contributed by atoms with Crippen molar-refractivity contribution in [1.82, 2.24) is 0 Å². The first kappa shape index (κ1) is 54.0. The number of hydrogen-bond acceptors (Lipinski definition) is 7. The van der Waals surface area contributed by atoms with Gasteiger partial charge < -0.3 is 18.9 Å². The SMILES string of the molecule is CC(C)(C)[S@](N)=O.COc1cc(C(=N[S@](=O)C(C)(C)C)c2cc(F)cc(OC(F)(F)C(F)F)c2)ccc1F.COc1cc(C(=O)c2cc(F)cc(OC(F)(F)C(F)F)c2)ccc1F. The number of alkyl halides is 8. The second-order valence-corrected chi connectivity index (χ2v) is 18.2. The molecular weight excluding hydrogens is 913 g/mol. The number of halogens is 12. The summed E-state index contributed by atoms with van der Waals surface area (Å²) in [5.74, 6) is -6.91. The van der Waals surface area contributed by atoms with Gasteiger partial charge in [0.25, 0.3) is 0 Å². The van der Waals surface area contributed by atoms with E-state index >= 15 is 0 Å². The molecule has 0 saturated carbocycles. The Labute approximate surface area is 358 Å². The molecule has 0 aliphatic rings. The van der Waals surface area contributed by atoms with Crippen LogP contribution in [-0.2, 0) is 22.0 Å². The molecule has 9 nitrogen and oxygen atoms in total. The van der Waals surface area contributed by atoms with Crippen LogP contribution in [0.15, 0.2) is 77.2 Å². The smallest absolute Gasteiger partial charge is 0.461 e. The molecule has 4 aromatic rings. The van der Waals surface area contributed by atoms with Gasteiger partial charge in [0.2, 0.25) is 0 Å². The van der Waals surface area contributed by atoms with E-state index in [4.69, 9.17) is 14.6 Å². The Balaban J connectivity index is 0.000000382. The first-order valence-electron chi connectivity index (χ1n) is 17.5. The zero-order valence-corrected chi connectivity index (χ0v) is 36.0. The lowest BCUT2D eigenvalue weighted by molar-refractivity contribution is -0.253. The third kappa shape index (κ3) is 16.2. The number of rotatable bonds is 13. The van der Waals surface area contributed by atoms with Gasteiger partial charge in [-0.2, -0.15) is 39.5 Å². The van der Waals surface area contributed by atoms with Gasteiger partial charge in [0.1, 0.15) is 34.1 Å². The van der Waals surface area contributed by atoms with Gasteiger partial charge in [-0.3, -0.25) is 9.93 Å². The quantitative estimate of drug-likeness (QED) is 0.0803. The van der Waals surface area contributed by atoms with Crippen LogP contribution in [0.4, 0.5) is 52.7 Å². The van der Waals surface area contributed by atoms with E-state index in [9.17, 15) is 65.9 Å².